The molecule has 0 spiro atoms. The van der Waals surface area contributed by atoms with E-state index in [1.165, 1.54) is 12.1 Å². The lowest BCUT2D eigenvalue weighted by Crippen LogP contribution is -2.25. The van der Waals surface area contributed by atoms with Gasteiger partial charge in [-0.2, -0.15) is 13.2 Å². The van der Waals surface area contributed by atoms with Crippen LogP contribution in [0.4, 0.5) is 13.2 Å². The molecule has 0 radical (unpaired) electrons. The number of hydrogen-bond donors (Lipinski definition) is 1. The van der Waals surface area contributed by atoms with Crippen LogP contribution in [0.25, 0.3) is 0 Å². The zero-order valence-electron chi connectivity index (χ0n) is 10.2. The average Bonchev–Trinajstić information content (AvgIpc) is 2.70. The third kappa shape index (κ3) is 3.26. The summed E-state index contributed by atoms with van der Waals surface area (Å²) in [6.45, 7) is 0.694. The van der Waals surface area contributed by atoms with Crippen molar-refractivity contribution in [3.63, 3.8) is 0 Å². The van der Waals surface area contributed by atoms with Crippen LogP contribution in [0.5, 0.6) is 0 Å². The normalized spacial score (nSPS) is 20.1. The van der Waals surface area contributed by atoms with Crippen molar-refractivity contribution in [3.8, 4) is 0 Å². The van der Waals surface area contributed by atoms with Crippen LogP contribution in [-0.2, 0) is 17.5 Å². The standard InChI is InChI=1S/C13H14F3NO2/c14-13(15,16)11-3-1-9(2-4-11)6-17-7-10(8-18)5-12(17)19/h1-4,10,18H,5-8H2. The zero-order chi connectivity index (χ0) is 14.0. The van der Waals surface area contributed by atoms with E-state index in [1.807, 2.05) is 0 Å². The Bertz CT molecular complexity index is 456. The Balaban J connectivity index is 2.02. The van der Waals surface area contributed by atoms with Gasteiger partial charge >= 0.3 is 6.18 Å². The second kappa shape index (κ2) is 5.21. The summed E-state index contributed by atoms with van der Waals surface area (Å²) in [5, 5.41) is 8.99. The fraction of sp³-hybridized carbons (Fsp3) is 0.462. The number of aliphatic hydroxyl groups is 1. The number of likely N-dealkylation sites (tertiary alicyclic amines) is 1. The van der Waals surface area contributed by atoms with E-state index in [9.17, 15) is 18.0 Å². The highest BCUT2D eigenvalue weighted by Crippen LogP contribution is 2.29. The molecule has 1 heterocycles. The summed E-state index contributed by atoms with van der Waals surface area (Å²) in [4.78, 5) is 13.2. The summed E-state index contributed by atoms with van der Waals surface area (Å²) >= 11 is 0. The lowest BCUT2D eigenvalue weighted by Gasteiger charge is -2.16. The Morgan fingerprint density at radius 3 is 2.37 bits per heavy atom. The number of carbonyl (C=O) groups excluding carboxylic acids is 1. The zero-order valence-corrected chi connectivity index (χ0v) is 10.2. The summed E-state index contributed by atoms with van der Waals surface area (Å²) in [6, 6.07) is 4.78. The van der Waals surface area contributed by atoms with E-state index in [0.717, 1.165) is 12.1 Å². The molecule has 0 bridgehead atoms. The molecule has 1 aliphatic rings. The largest absolute Gasteiger partial charge is 0.416 e. The molecule has 1 amide bonds. The molecule has 104 valence electrons. The molecule has 6 heteroatoms. The van der Waals surface area contributed by atoms with Crippen molar-refractivity contribution >= 4 is 5.91 Å². The Labute approximate surface area is 108 Å². The minimum absolute atomic E-state index is 0.0464. The first-order valence-electron chi connectivity index (χ1n) is 5.95. The van der Waals surface area contributed by atoms with Gasteiger partial charge in [-0.15, -0.1) is 0 Å². The van der Waals surface area contributed by atoms with Crippen LogP contribution >= 0.6 is 0 Å². The lowest BCUT2D eigenvalue weighted by molar-refractivity contribution is -0.137. The predicted molar refractivity (Wildman–Crippen MR) is 62.1 cm³/mol. The summed E-state index contributed by atoms with van der Waals surface area (Å²) in [6.07, 6.45) is -4.04. The number of halogens is 3. The monoisotopic (exact) mass is 273 g/mol. The van der Waals surface area contributed by atoms with Gasteiger partial charge in [0.25, 0.3) is 0 Å². The number of rotatable bonds is 3. The first kappa shape index (κ1) is 13.9. The predicted octanol–water partition coefficient (Wildman–Crippen LogP) is 2.05. The topological polar surface area (TPSA) is 40.5 Å². The van der Waals surface area contributed by atoms with E-state index in [1.54, 1.807) is 4.90 Å². The molecule has 1 aliphatic heterocycles. The number of aliphatic hydroxyl groups excluding tert-OH is 1. The molecule has 0 aliphatic carbocycles. The average molecular weight is 273 g/mol. The molecular weight excluding hydrogens is 259 g/mol. The van der Waals surface area contributed by atoms with Crippen LogP contribution in [0.1, 0.15) is 17.5 Å². The van der Waals surface area contributed by atoms with Gasteiger partial charge < -0.3 is 10.0 Å². The molecular formula is C13H14F3NO2. The van der Waals surface area contributed by atoms with Gasteiger partial charge in [-0.1, -0.05) is 12.1 Å². The SMILES string of the molecule is O=C1CC(CO)CN1Cc1ccc(C(F)(F)F)cc1. The van der Waals surface area contributed by atoms with Crippen molar-refractivity contribution in [2.24, 2.45) is 5.92 Å². The van der Waals surface area contributed by atoms with E-state index in [2.05, 4.69) is 0 Å². The third-order valence-electron chi connectivity index (χ3n) is 3.21. The molecule has 1 fully saturated rings. The van der Waals surface area contributed by atoms with Crippen LogP contribution in [0.2, 0.25) is 0 Å². The maximum atomic E-state index is 12.4. The van der Waals surface area contributed by atoms with Crippen LogP contribution < -0.4 is 0 Å². The van der Waals surface area contributed by atoms with Gasteiger partial charge in [-0.05, 0) is 17.7 Å². The molecule has 1 unspecified atom stereocenters. The second-order valence-electron chi connectivity index (χ2n) is 4.72. The van der Waals surface area contributed by atoms with Crippen LogP contribution in [0, 0.1) is 5.92 Å². The van der Waals surface area contributed by atoms with Crippen molar-refractivity contribution in [2.45, 2.75) is 19.1 Å². The molecule has 2 rings (SSSR count). The van der Waals surface area contributed by atoms with E-state index in [-0.39, 0.29) is 25.0 Å². The quantitative estimate of drug-likeness (QED) is 0.915. The minimum atomic E-state index is -4.34. The summed E-state index contributed by atoms with van der Waals surface area (Å²) < 4.78 is 37.2. The van der Waals surface area contributed by atoms with Crippen molar-refractivity contribution in [1.29, 1.82) is 0 Å². The van der Waals surface area contributed by atoms with Gasteiger partial charge in [0.1, 0.15) is 0 Å². The van der Waals surface area contributed by atoms with E-state index >= 15 is 0 Å². The maximum Gasteiger partial charge on any atom is 0.416 e. The van der Waals surface area contributed by atoms with E-state index in [4.69, 9.17) is 5.11 Å². The van der Waals surface area contributed by atoms with Crippen molar-refractivity contribution in [2.75, 3.05) is 13.2 Å². The van der Waals surface area contributed by atoms with E-state index in [0.29, 0.717) is 18.5 Å². The summed E-state index contributed by atoms with van der Waals surface area (Å²) in [5.74, 6) is -0.138. The third-order valence-corrected chi connectivity index (χ3v) is 3.21. The van der Waals surface area contributed by atoms with Crippen molar-refractivity contribution in [1.82, 2.24) is 4.90 Å². The van der Waals surface area contributed by atoms with Crippen LogP contribution in [0.15, 0.2) is 24.3 Å². The van der Waals surface area contributed by atoms with Gasteiger partial charge in [0.2, 0.25) is 5.91 Å². The van der Waals surface area contributed by atoms with Crippen LogP contribution in [0.3, 0.4) is 0 Å². The number of nitrogens with zero attached hydrogens (tertiary/aromatic N) is 1. The number of hydrogen-bond acceptors (Lipinski definition) is 2. The fourth-order valence-corrected chi connectivity index (χ4v) is 2.15. The summed E-state index contributed by atoms with van der Waals surface area (Å²) in [5.41, 5.74) is -0.0443. The highest BCUT2D eigenvalue weighted by atomic mass is 19.4. The highest BCUT2D eigenvalue weighted by molar-refractivity contribution is 5.78. The number of carbonyl (C=O) groups is 1. The Hall–Kier alpha value is -1.56. The lowest BCUT2D eigenvalue weighted by atomic mass is 10.1. The Kier molecular flexibility index (Phi) is 3.80. The minimum Gasteiger partial charge on any atom is -0.396 e. The Morgan fingerprint density at radius 2 is 1.89 bits per heavy atom. The molecule has 1 aromatic rings. The van der Waals surface area contributed by atoms with Crippen molar-refractivity contribution < 1.29 is 23.1 Å². The molecule has 19 heavy (non-hydrogen) atoms. The number of amides is 1. The first-order valence-corrected chi connectivity index (χ1v) is 5.95. The van der Waals surface area contributed by atoms with Gasteiger partial charge in [0.05, 0.1) is 5.56 Å². The molecule has 3 nitrogen and oxygen atoms in total. The van der Waals surface area contributed by atoms with Crippen molar-refractivity contribution in [3.05, 3.63) is 35.4 Å². The van der Waals surface area contributed by atoms with Gasteiger partial charge in [0, 0.05) is 32.0 Å². The van der Waals surface area contributed by atoms with Crippen LogP contribution in [-0.4, -0.2) is 29.1 Å². The highest BCUT2D eigenvalue weighted by Gasteiger charge is 2.31. The molecule has 0 saturated carbocycles. The number of benzene rings is 1. The summed E-state index contributed by atoms with van der Waals surface area (Å²) in [7, 11) is 0. The van der Waals surface area contributed by atoms with Gasteiger partial charge in [0.15, 0.2) is 0 Å². The van der Waals surface area contributed by atoms with Gasteiger partial charge in [-0.3, -0.25) is 4.79 Å². The molecule has 1 atom stereocenters. The smallest absolute Gasteiger partial charge is 0.396 e. The van der Waals surface area contributed by atoms with Gasteiger partial charge in [-0.25, -0.2) is 0 Å². The second-order valence-corrected chi connectivity index (χ2v) is 4.72. The molecule has 1 aromatic carbocycles. The molecule has 1 saturated heterocycles. The Morgan fingerprint density at radius 1 is 1.26 bits per heavy atom. The van der Waals surface area contributed by atoms with E-state index < -0.39 is 11.7 Å². The molecule has 1 N–H and O–H groups in total. The first-order chi connectivity index (χ1) is 8.90. The fourth-order valence-electron chi connectivity index (χ4n) is 2.15. The molecule has 0 aromatic heterocycles. The number of alkyl halides is 3. The maximum absolute atomic E-state index is 12.4.